The van der Waals surface area contributed by atoms with Crippen LogP contribution in [0.5, 0.6) is 17.2 Å². The van der Waals surface area contributed by atoms with Gasteiger partial charge < -0.3 is 29.6 Å². The molecule has 0 bridgehead atoms. The Morgan fingerprint density at radius 2 is 1.76 bits per heavy atom. The first-order valence-corrected chi connectivity index (χ1v) is 11.4. The molecule has 1 atom stereocenters. The van der Waals surface area contributed by atoms with Crippen molar-refractivity contribution < 1.29 is 28.5 Å². The lowest BCUT2D eigenvalue weighted by molar-refractivity contribution is -0.143. The van der Waals surface area contributed by atoms with E-state index in [0.717, 1.165) is 6.42 Å². The average Bonchev–Trinajstić information content (AvgIpc) is 2.82. The van der Waals surface area contributed by atoms with Crippen LogP contribution < -0.4 is 24.8 Å². The van der Waals surface area contributed by atoms with E-state index in [1.807, 2.05) is 19.9 Å². The first-order valence-electron chi connectivity index (χ1n) is 11.4. The second kappa shape index (κ2) is 11.4. The number of carbonyl (C=O) groups is 2. The molecule has 1 aliphatic rings. The summed E-state index contributed by atoms with van der Waals surface area (Å²) in [5, 5.41) is 5.65. The van der Waals surface area contributed by atoms with Crippen LogP contribution in [0.4, 0.5) is 4.79 Å². The summed E-state index contributed by atoms with van der Waals surface area (Å²) in [7, 11) is 1.58. The second-order valence-corrected chi connectivity index (χ2v) is 7.99. The van der Waals surface area contributed by atoms with E-state index in [0.29, 0.717) is 52.9 Å². The highest BCUT2D eigenvalue weighted by atomic mass is 16.5. The molecule has 0 aliphatic carbocycles. The Labute approximate surface area is 200 Å². The van der Waals surface area contributed by atoms with Crippen molar-refractivity contribution in [3.63, 3.8) is 0 Å². The van der Waals surface area contributed by atoms with Gasteiger partial charge in [0.15, 0.2) is 11.5 Å². The molecular formula is C26H32N2O6. The Morgan fingerprint density at radius 3 is 2.38 bits per heavy atom. The molecule has 3 rings (SSSR count). The minimum absolute atomic E-state index is 0.295. The summed E-state index contributed by atoms with van der Waals surface area (Å²) in [6.45, 7) is 8.47. The summed E-state index contributed by atoms with van der Waals surface area (Å²) in [5.41, 5.74) is 2.00. The smallest absolute Gasteiger partial charge is 0.338 e. The van der Waals surface area contributed by atoms with Gasteiger partial charge in [0, 0.05) is 0 Å². The molecule has 8 heteroatoms. The van der Waals surface area contributed by atoms with Crippen LogP contribution >= 0.6 is 0 Å². The van der Waals surface area contributed by atoms with Crippen LogP contribution in [-0.4, -0.2) is 38.4 Å². The average molecular weight is 469 g/mol. The maximum Gasteiger partial charge on any atom is 0.338 e. The Hall–Kier alpha value is -3.68. The van der Waals surface area contributed by atoms with Gasteiger partial charge in [-0.3, -0.25) is 0 Å². The number of nitrogens with one attached hydrogen (secondary N) is 2. The lowest BCUT2D eigenvalue weighted by atomic mass is 9.92. The van der Waals surface area contributed by atoms with E-state index in [1.54, 1.807) is 57.4 Å². The highest BCUT2D eigenvalue weighted by molar-refractivity contribution is 6.04. The van der Waals surface area contributed by atoms with Gasteiger partial charge in [-0.2, -0.15) is 0 Å². The van der Waals surface area contributed by atoms with Crippen LogP contribution in [0.25, 0.3) is 5.70 Å². The van der Waals surface area contributed by atoms with Crippen LogP contribution in [0.15, 0.2) is 48.0 Å². The highest BCUT2D eigenvalue weighted by Crippen LogP contribution is 2.37. The number of hydrogen-bond donors (Lipinski definition) is 2. The van der Waals surface area contributed by atoms with Gasteiger partial charge in [0.25, 0.3) is 0 Å². The van der Waals surface area contributed by atoms with Gasteiger partial charge in [-0.25, -0.2) is 9.59 Å². The lowest BCUT2D eigenvalue weighted by Crippen LogP contribution is -2.45. The molecule has 0 spiro atoms. The van der Waals surface area contributed by atoms with Crippen molar-refractivity contribution in [3.05, 3.63) is 59.2 Å². The zero-order valence-corrected chi connectivity index (χ0v) is 20.3. The molecule has 1 aliphatic heterocycles. The molecule has 34 heavy (non-hydrogen) atoms. The predicted molar refractivity (Wildman–Crippen MR) is 129 cm³/mol. The Morgan fingerprint density at radius 1 is 1.03 bits per heavy atom. The van der Waals surface area contributed by atoms with Gasteiger partial charge in [0.05, 0.1) is 43.7 Å². The van der Waals surface area contributed by atoms with Crippen molar-refractivity contribution in [1.82, 2.24) is 10.6 Å². The lowest BCUT2D eigenvalue weighted by Gasteiger charge is -2.30. The van der Waals surface area contributed by atoms with Crippen LogP contribution in [0, 0.1) is 0 Å². The third kappa shape index (κ3) is 5.81. The Kier molecular flexibility index (Phi) is 8.40. The number of esters is 1. The van der Waals surface area contributed by atoms with Crippen LogP contribution in [0.1, 0.15) is 51.3 Å². The molecule has 0 saturated carbocycles. The molecule has 2 N–H and O–H groups in total. The molecule has 0 radical (unpaired) electrons. The van der Waals surface area contributed by atoms with Crippen LogP contribution in [0.3, 0.4) is 0 Å². The van der Waals surface area contributed by atoms with E-state index < -0.39 is 18.0 Å². The van der Waals surface area contributed by atoms with Crippen molar-refractivity contribution >= 4 is 17.7 Å². The zero-order chi connectivity index (χ0) is 24.7. The standard InChI is InChI=1S/C26H32N2O6/c1-6-14-33-20-13-10-18(15-21(20)32-7-2)24-22(25(29)34-16(3)4)23(27-26(30)28-24)17-8-11-19(31-5)12-9-17/h8-13,15-16,24H,6-7,14H2,1-5H3,(H2,27,28,30). The Balaban J connectivity index is 2.13. The van der Waals surface area contributed by atoms with Gasteiger partial charge >= 0.3 is 12.0 Å². The number of carbonyl (C=O) groups excluding carboxylic acids is 2. The first kappa shape index (κ1) is 25.0. The number of hydrogen-bond acceptors (Lipinski definition) is 6. The number of amides is 2. The number of benzene rings is 2. The summed E-state index contributed by atoms with van der Waals surface area (Å²) in [6, 6.07) is 11.3. The Bertz CT molecular complexity index is 1050. The topological polar surface area (TPSA) is 95.1 Å². The van der Waals surface area contributed by atoms with Gasteiger partial charge in [-0.1, -0.05) is 13.0 Å². The van der Waals surface area contributed by atoms with Crippen molar-refractivity contribution in [1.29, 1.82) is 0 Å². The van der Waals surface area contributed by atoms with E-state index >= 15 is 0 Å². The molecule has 0 saturated heterocycles. The molecule has 1 heterocycles. The minimum Gasteiger partial charge on any atom is -0.497 e. The van der Waals surface area contributed by atoms with Gasteiger partial charge in [-0.15, -0.1) is 0 Å². The summed E-state index contributed by atoms with van der Waals surface area (Å²) in [5.74, 6) is 1.29. The number of rotatable bonds is 10. The molecule has 2 aromatic carbocycles. The summed E-state index contributed by atoms with van der Waals surface area (Å²) in [6.07, 6.45) is 0.524. The number of urea groups is 1. The molecular weight excluding hydrogens is 436 g/mol. The third-order valence-electron chi connectivity index (χ3n) is 5.08. The first-order chi connectivity index (χ1) is 16.4. The van der Waals surface area contributed by atoms with Gasteiger partial charge in [0.2, 0.25) is 0 Å². The number of ether oxygens (including phenoxy) is 4. The SMILES string of the molecule is CCCOc1ccc(C2NC(=O)NC(c3ccc(OC)cc3)=C2C(=O)OC(C)C)cc1OCC. The maximum atomic E-state index is 13.3. The van der Waals surface area contributed by atoms with E-state index in [1.165, 1.54) is 0 Å². The largest absolute Gasteiger partial charge is 0.497 e. The van der Waals surface area contributed by atoms with E-state index in [4.69, 9.17) is 18.9 Å². The summed E-state index contributed by atoms with van der Waals surface area (Å²) < 4.78 is 22.4. The third-order valence-corrected chi connectivity index (χ3v) is 5.08. The predicted octanol–water partition coefficient (Wildman–Crippen LogP) is 4.60. The van der Waals surface area contributed by atoms with E-state index in [-0.39, 0.29) is 6.10 Å². The van der Waals surface area contributed by atoms with Crippen molar-refractivity contribution in [2.75, 3.05) is 20.3 Å². The molecule has 182 valence electrons. The van der Waals surface area contributed by atoms with Crippen LogP contribution in [-0.2, 0) is 9.53 Å². The fraction of sp³-hybridized carbons (Fsp3) is 0.385. The minimum atomic E-state index is -0.753. The van der Waals surface area contributed by atoms with E-state index in [9.17, 15) is 9.59 Å². The highest BCUT2D eigenvalue weighted by Gasteiger charge is 2.35. The number of methoxy groups -OCH3 is 1. The fourth-order valence-electron chi connectivity index (χ4n) is 3.60. The second-order valence-electron chi connectivity index (χ2n) is 7.99. The van der Waals surface area contributed by atoms with Crippen molar-refractivity contribution in [2.24, 2.45) is 0 Å². The fourth-order valence-corrected chi connectivity index (χ4v) is 3.60. The quantitative estimate of drug-likeness (QED) is 0.495. The van der Waals surface area contributed by atoms with Crippen molar-refractivity contribution in [3.8, 4) is 17.2 Å². The molecule has 0 aromatic heterocycles. The molecule has 2 amide bonds. The van der Waals surface area contributed by atoms with Gasteiger partial charge in [0.1, 0.15) is 5.75 Å². The van der Waals surface area contributed by atoms with Gasteiger partial charge in [-0.05, 0) is 74.7 Å². The normalized spacial score (nSPS) is 15.5. The molecule has 1 unspecified atom stereocenters. The monoisotopic (exact) mass is 468 g/mol. The molecule has 0 fully saturated rings. The maximum absolute atomic E-state index is 13.3. The summed E-state index contributed by atoms with van der Waals surface area (Å²) >= 11 is 0. The van der Waals surface area contributed by atoms with Crippen LogP contribution in [0.2, 0.25) is 0 Å². The summed E-state index contributed by atoms with van der Waals surface area (Å²) in [4.78, 5) is 25.9. The molecule has 2 aromatic rings. The zero-order valence-electron chi connectivity index (χ0n) is 20.3. The molecule has 8 nitrogen and oxygen atoms in total. The van der Waals surface area contributed by atoms with E-state index in [2.05, 4.69) is 10.6 Å². The van der Waals surface area contributed by atoms with Crippen molar-refractivity contribution in [2.45, 2.75) is 46.3 Å².